The average Bonchev–Trinajstić information content (AvgIpc) is 3.16. The molecule has 55 heavy (non-hydrogen) atoms. The largest absolute Gasteiger partial charge is 0.472 e. The Morgan fingerprint density at radius 2 is 0.982 bits per heavy atom. The van der Waals surface area contributed by atoms with Crippen LogP contribution in [0.3, 0.4) is 0 Å². The number of aliphatic hydroxyl groups excluding tert-OH is 5. The molecule has 1 fully saturated rings. The summed E-state index contributed by atoms with van der Waals surface area (Å²) < 4.78 is 33.4. The standard InChI is InChI=1S/C41H75O13P/c1-3-5-7-9-11-13-15-16-17-18-20-21-23-25-27-29-34(42)51-31-33(53-35(43)30-28-26-24-22-19-14-12-10-8-6-4-2)32-52-55(49,50)54-41-39(47)37(45)36(44)38(46)40(41)48/h16-17,20-21,33,36-41,44-48H,3-15,18-19,22-32H2,1-2H3,(H,49,50)/b17-16+,21-20+/t33-,36?,37-,38?,39?,40?,41?/m1/s1. The van der Waals surface area contributed by atoms with Crippen molar-refractivity contribution in [1.29, 1.82) is 0 Å². The number of carbonyl (C=O) groups excluding carboxylic acids is 2. The fraction of sp³-hybridized carbons (Fsp3) is 0.854. The van der Waals surface area contributed by atoms with Crippen LogP contribution in [-0.2, 0) is 32.7 Å². The first-order valence-electron chi connectivity index (χ1n) is 21.1. The van der Waals surface area contributed by atoms with Crippen molar-refractivity contribution in [2.45, 2.75) is 211 Å². The number of rotatable bonds is 34. The molecule has 0 aromatic heterocycles. The summed E-state index contributed by atoms with van der Waals surface area (Å²) in [6, 6.07) is 0. The third kappa shape index (κ3) is 25.3. The minimum atomic E-state index is -5.11. The van der Waals surface area contributed by atoms with Gasteiger partial charge < -0.3 is 39.9 Å². The minimum absolute atomic E-state index is 0.0930. The van der Waals surface area contributed by atoms with E-state index in [4.69, 9.17) is 18.5 Å². The van der Waals surface area contributed by atoms with Crippen LogP contribution in [0.4, 0.5) is 0 Å². The Labute approximate surface area is 330 Å². The molecule has 322 valence electrons. The van der Waals surface area contributed by atoms with E-state index in [0.29, 0.717) is 12.8 Å². The van der Waals surface area contributed by atoms with Crippen LogP contribution < -0.4 is 0 Å². The third-order valence-corrected chi connectivity index (χ3v) is 10.8. The van der Waals surface area contributed by atoms with Gasteiger partial charge in [-0.3, -0.25) is 18.6 Å². The molecule has 0 saturated heterocycles. The minimum Gasteiger partial charge on any atom is -0.462 e. The molecule has 6 unspecified atom stereocenters. The number of hydrogen-bond donors (Lipinski definition) is 6. The molecule has 1 rings (SSSR count). The first-order valence-corrected chi connectivity index (χ1v) is 22.6. The lowest BCUT2D eigenvalue weighted by Crippen LogP contribution is -2.64. The first-order chi connectivity index (χ1) is 26.4. The Morgan fingerprint density at radius 1 is 0.564 bits per heavy atom. The molecule has 14 heteroatoms. The first kappa shape index (κ1) is 51.3. The highest BCUT2D eigenvalue weighted by atomic mass is 31.2. The second-order valence-corrected chi connectivity index (χ2v) is 16.3. The second kappa shape index (κ2) is 32.3. The van der Waals surface area contributed by atoms with E-state index in [1.54, 1.807) is 0 Å². The second-order valence-electron chi connectivity index (χ2n) is 14.8. The monoisotopic (exact) mass is 806 g/mol. The van der Waals surface area contributed by atoms with E-state index in [0.717, 1.165) is 51.4 Å². The fourth-order valence-electron chi connectivity index (χ4n) is 6.32. The lowest BCUT2D eigenvalue weighted by molar-refractivity contribution is -0.220. The number of carbonyl (C=O) groups is 2. The van der Waals surface area contributed by atoms with Crippen molar-refractivity contribution in [3.05, 3.63) is 24.3 Å². The molecule has 1 aliphatic rings. The summed E-state index contributed by atoms with van der Waals surface area (Å²) in [6.45, 7) is 3.23. The number of ether oxygens (including phenoxy) is 2. The molecule has 0 aromatic rings. The maximum absolute atomic E-state index is 12.8. The summed E-state index contributed by atoms with van der Waals surface area (Å²) in [6.07, 6.45) is 19.7. The SMILES string of the molecule is CCCCCCCC/C=C/C/C=C/CCCCC(=O)OC[C@H](COP(=O)(O)OC1C(O)C(O)C(O)[C@@H](O)C1O)OC(=O)CCCCCCCCCCCCC. The lowest BCUT2D eigenvalue weighted by atomic mass is 9.85. The molecule has 0 spiro atoms. The zero-order valence-corrected chi connectivity index (χ0v) is 34.6. The number of allylic oxidation sites excluding steroid dienone is 4. The average molecular weight is 807 g/mol. The topological polar surface area (TPSA) is 210 Å². The van der Waals surface area contributed by atoms with Crippen LogP contribution in [0.2, 0.25) is 0 Å². The summed E-state index contributed by atoms with van der Waals surface area (Å²) in [4.78, 5) is 35.5. The van der Waals surface area contributed by atoms with E-state index >= 15 is 0 Å². The maximum atomic E-state index is 12.8. The zero-order valence-electron chi connectivity index (χ0n) is 33.7. The molecule has 8 atom stereocenters. The highest BCUT2D eigenvalue weighted by Gasteiger charge is 2.51. The van der Waals surface area contributed by atoms with Gasteiger partial charge in [-0.15, -0.1) is 0 Å². The summed E-state index contributed by atoms with van der Waals surface area (Å²) in [5.41, 5.74) is 0. The van der Waals surface area contributed by atoms with Crippen LogP contribution in [0, 0.1) is 0 Å². The molecule has 1 saturated carbocycles. The van der Waals surface area contributed by atoms with Crippen molar-refractivity contribution >= 4 is 19.8 Å². The van der Waals surface area contributed by atoms with Gasteiger partial charge in [0, 0.05) is 12.8 Å². The molecule has 13 nitrogen and oxygen atoms in total. The smallest absolute Gasteiger partial charge is 0.462 e. The Hall–Kier alpha value is -1.67. The van der Waals surface area contributed by atoms with Crippen LogP contribution in [0.15, 0.2) is 24.3 Å². The number of esters is 2. The fourth-order valence-corrected chi connectivity index (χ4v) is 7.29. The van der Waals surface area contributed by atoms with Crippen LogP contribution in [0.1, 0.15) is 168 Å². The maximum Gasteiger partial charge on any atom is 0.472 e. The molecule has 0 bridgehead atoms. The molecular formula is C41H75O13P. The van der Waals surface area contributed by atoms with E-state index in [-0.39, 0.29) is 12.8 Å². The molecule has 1 aliphatic carbocycles. The summed E-state index contributed by atoms with van der Waals surface area (Å²) >= 11 is 0. The normalized spacial score (nSPS) is 23.3. The Bertz CT molecular complexity index is 1070. The highest BCUT2D eigenvalue weighted by Crippen LogP contribution is 2.47. The van der Waals surface area contributed by atoms with Gasteiger partial charge in [0.1, 0.15) is 43.2 Å². The Kier molecular flexibility index (Phi) is 30.2. The van der Waals surface area contributed by atoms with Crippen molar-refractivity contribution in [2.24, 2.45) is 0 Å². The van der Waals surface area contributed by atoms with Gasteiger partial charge in [0.05, 0.1) is 6.61 Å². The van der Waals surface area contributed by atoms with E-state index < -0.39 is 75.7 Å². The van der Waals surface area contributed by atoms with E-state index in [9.17, 15) is 44.6 Å². The zero-order chi connectivity index (χ0) is 40.7. The van der Waals surface area contributed by atoms with Crippen molar-refractivity contribution in [3.8, 4) is 0 Å². The third-order valence-electron chi connectivity index (χ3n) is 9.80. The molecule has 0 aliphatic heterocycles. The van der Waals surface area contributed by atoms with Gasteiger partial charge in [0.2, 0.25) is 0 Å². The predicted octanol–water partition coefficient (Wildman–Crippen LogP) is 7.28. The van der Waals surface area contributed by atoms with E-state index in [1.165, 1.54) is 77.0 Å². The number of phosphoric acid groups is 1. The molecule has 0 heterocycles. The molecule has 0 aromatic carbocycles. The Balaban J connectivity index is 2.52. The van der Waals surface area contributed by atoms with Crippen molar-refractivity contribution in [1.82, 2.24) is 0 Å². The Morgan fingerprint density at radius 3 is 1.51 bits per heavy atom. The van der Waals surface area contributed by atoms with Crippen LogP contribution >= 0.6 is 7.82 Å². The molecule has 0 amide bonds. The lowest BCUT2D eigenvalue weighted by Gasteiger charge is -2.41. The van der Waals surface area contributed by atoms with Gasteiger partial charge in [0.15, 0.2) is 6.10 Å². The summed E-state index contributed by atoms with van der Waals surface area (Å²) in [7, 11) is -5.11. The van der Waals surface area contributed by atoms with Gasteiger partial charge in [-0.25, -0.2) is 4.57 Å². The summed E-state index contributed by atoms with van der Waals surface area (Å²) in [5.74, 6) is -1.14. The number of phosphoric ester groups is 1. The van der Waals surface area contributed by atoms with Gasteiger partial charge in [-0.05, 0) is 44.9 Å². The van der Waals surface area contributed by atoms with Gasteiger partial charge in [-0.2, -0.15) is 0 Å². The molecule has 0 radical (unpaired) electrons. The van der Waals surface area contributed by atoms with E-state index in [2.05, 4.69) is 38.2 Å². The summed E-state index contributed by atoms with van der Waals surface area (Å²) in [5, 5.41) is 50.0. The van der Waals surface area contributed by atoms with Crippen molar-refractivity contribution in [2.75, 3.05) is 13.2 Å². The quantitative estimate of drug-likeness (QED) is 0.0164. The molecule has 6 N–H and O–H groups in total. The number of hydrogen-bond acceptors (Lipinski definition) is 12. The van der Waals surface area contributed by atoms with Crippen molar-refractivity contribution in [3.63, 3.8) is 0 Å². The van der Waals surface area contributed by atoms with E-state index in [1.807, 2.05) is 0 Å². The number of unbranched alkanes of at least 4 members (excludes halogenated alkanes) is 18. The van der Waals surface area contributed by atoms with Gasteiger partial charge in [-0.1, -0.05) is 134 Å². The van der Waals surface area contributed by atoms with Crippen molar-refractivity contribution < 1.29 is 63.1 Å². The highest BCUT2D eigenvalue weighted by molar-refractivity contribution is 7.47. The van der Waals surface area contributed by atoms with Gasteiger partial charge in [0.25, 0.3) is 0 Å². The number of aliphatic hydroxyl groups is 5. The van der Waals surface area contributed by atoms with Crippen LogP contribution in [0.25, 0.3) is 0 Å². The van der Waals surface area contributed by atoms with Crippen LogP contribution in [0.5, 0.6) is 0 Å². The predicted molar refractivity (Wildman–Crippen MR) is 212 cm³/mol. The van der Waals surface area contributed by atoms with Gasteiger partial charge >= 0.3 is 19.8 Å². The van der Waals surface area contributed by atoms with Crippen LogP contribution in [-0.4, -0.2) is 98.3 Å². The molecular weight excluding hydrogens is 731 g/mol.